The van der Waals surface area contributed by atoms with E-state index in [0.29, 0.717) is 34.8 Å². The summed E-state index contributed by atoms with van der Waals surface area (Å²) in [6.07, 6.45) is 1.71. The number of aromatic nitrogens is 1. The molecule has 1 aromatic heterocycles. The smallest absolute Gasteiger partial charge is 0.407 e. The Morgan fingerprint density at radius 2 is 1.46 bits per heavy atom. The van der Waals surface area contributed by atoms with Crippen molar-refractivity contribution < 1.29 is 60.4 Å². The van der Waals surface area contributed by atoms with E-state index in [1.165, 1.54) is 39.8 Å². The number of nitrogens with one attached hydrogen (secondary N) is 6. The number of anilines is 1. The number of ether oxygens (including phenoxy) is 3. The molecule has 6 atom stereocenters. The van der Waals surface area contributed by atoms with Crippen molar-refractivity contribution in [3.63, 3.8) is 0 Å². The monoisotopic (exact) mass is 1070 g/mol. The molecule has 3 aromatic rings. The van der Waals surface area contributed by atoms with Crippen molar-refractivity contribution >= 4 is 41.6 Å². The fourth-order valence-corrected chi connectivity index (χ4v) is 9.32. The first-order valence-corrected chi connectivity index (χ1v) is 24.7. The number of pyridine rings is 1. The van der Waals surface area contributed by atoms with Crippen molar-refractivity contribution in [2.45, 2.75) is 102 Å². The number of benzene rings is 2. The van der Waals surface area contributed by atoms with Crippen LogP contribution >= 0.6 is 0 Å². The summed E-state index contributed by atoms with van der Waals surface area (Å²) in [5.74, 6) is 4.32. The van der Waals surface area contributed by atoms with Gasteiger partial charge in [-0.3, -0.25) is 28.7 Å². The summed E-state index contributed by atoms with van der Waals surface area (Å²) in [6.45, 7) is 2.62. The summed E-state index contributed by atoms with van der Waals surface area (Å²) in [5, 5.41) is 30.0. The van der Waals surface area contributed by atoms with Gasteiger partial charge in [-0.05, 0) is 60.7 Å². The summed E-state index contributed by atoms with van der Waals surface area (Å²) in [6, 6.07) is 11.3. The molecule has 0 saturated carbocycles. The second-order valence-electron chi connectivity index (χ2n) is 20.4. The number of alkyl halides is 4. The molecule has 3 saturated heterocycles. The molecule has 7 N–H and O–H groups in total. The zero-order valence-corrected chi connectivity index (χ0v) is 43.3. The minimum Gasteiger partial charge on any atom is -0.453 e. The van der Waals surface area contributed by atoms with Crippen molar-refractivity contribution in [2.75, 3.05) is 65.3 Å². The van der Waals surface area contributed by atoms with Crippen LogP contribution in [-0.2, 0) is 36.8 Å². The van der Waals surface area contributed by atoms with Gasteiger partial charge in [-0.1, -0.05) is 63.8 Å². The van der Waals surface area contributed by atoms with Gasteiger partial charge in [0, 0.05) is 90.0 Å². The van der Waals surface area contributed by atoms with Crippen molar-refractivity contribution in [1.29, 1.82) is 5.41 Å². The number of aliphatic hydroxyl groups excluding tert-OH is 1. The molecule has 18 nitrogen and oxygen atoms in total. The number of nitrogens with zero attached hydrogens (tertiary/aromatic N) is 4. The number of carbonyl (C=O) groups excluding carboxylic acids is 4. The van der Waals surface area contributed by atoms with E-state index < -0.39 is 97.9 Å². The number of hydrogen-bond acceptors (Lipinski definition) is 14. The highest BCUT2D eigenvalue weighted by atomic mass is 19.3. The van der Waals surface area contributed by atoms with E-state index in [1.807, 2.05) is 12.1 Å². The first kappa shape index (κ1) is 58.4. The first-order chi connectivity index (χ1) is 36.2. The third kappa shape index (κ3) is 15.2. The Morgan fingerprint density at radius 1 is 0.868 bits per heavy atom. The molecule has 0 radical (unpaired) electrons. The van der Waals surface area contributed by atoms with Gasteiger partial charge in [0.2, 0.25) is 5.91 Å². The van der Waals surface area contributed by atoms with Crippen LogP contribution in [0.1, 0.15) is 68.4 Å². The summed E-state index contributed by atoms with van der Waals surface area (Å²) in [7, 11) is 2.10. The van der Waals surface area contributed by atoms with E-state index in [9.17, 15) is 41.8 Å². The molecule has 2 bridgehead atoms. The quantitative estimate of drug-likeness (QED) is 0.0223. The molecular formula is C53H67F5N10O8. The van der Waals surface area contributed by atoms with Crippen LogP contribution in [0.2, 0.25) is 0 Å². The number of allylic oxidation sites excluding steroid dienone is 1. The molecule has 6 rings (SSSR count). The summed E-state index contributed by atoms with van der Waals surface area (Å²) in [4.78, 5) is 62.8. The van der Waals surface area contributed by atoms with Gasteiger partial charge in [0.25, 0.3) is 5.91 Å². The number of aliphatic hydroxyl groups is 1. The number of halogens is 5. The highest BCUT2D eigenvalue weighted by Gasteiger charge is 2.46. The SMILES string of the molecule is COC(=O)N[C@H](C(=O)N[C@@H](Cc1ccc(C#Cc2ccc(N3CC4CCC(C3)N4C3COC3)nc2)cc1)[C@@H](O)CN(Cc1ccc(/C(C=N)=C/NC(F)F)cc1F)NC(=O)[C@@H](NC(=O)OC)C(C)(C)CF)C(C)(C)CF. The van der Waals surface area contributed by atoms with Gasteiger partial charge >= 0.3 is 18.7 Å². The minimum absolute atomic E-state index is 0.0378. The molecule has 0 spiro atoms. The molecule has 412 valence electrons. The lowest BCUT2D eigenvalue weighted by atomic mass is 9.84. The maximum Gasteiger partial charge on any atom is 0.407 e. The second-order valence-corrected chi connectivity index (χ2v) is 20.4. The number of fused-ring (bicyclic) bond motifs is 2. The van der Waals surface area contributed by atoms with Gasteiger partial charge in [0.05, 0.1) is 59.0 Å². The molecule has 2 unspecified atom stereocenters. The molecule has 3 aliphatic heterocycles. The van der Waals surface area contributed by atoms with E-state index in [4.69, 9.17) is 19.9 Å². The number of amides is 4. The van der Waals surface area contributed by atoms with Crippen LogP contribution < -0.4 is 31.6 Å². The molecule has 4 heterocycles. The van der Waals surface area contributed by atoms with Gasteiger partial charge in [-0.2, -0.15) is 8.78 Å². The van der Waals surface area contributed by atoms with E-state index in [2.05, 4.69) is 47.8 Å². The maximum atomic E-state index is 16.0. The zero-order chi connectivity index (χ0) is 55.3. The second kappa shape index (κ2) is 26.3. The Kier molecular flexibility index (Phi) is 20.2. The molecule has 3 aliphatic rings. The molecular weight excluding hydrogens is 1000 g/mol. The van der Waals surface area contributed by atoms with Crippen LogP contribution in [0.15, 0.2) is 67.0 Å². The number of rotatable bonds is 23. The van der Waals surface area contributed by atoms with Gasteiger partial charge in [-0.15, -0.1) is 0 Å². The molecule has 4 amide bonds. The zero-order valence-electron chi connectivity index (χ0n) is 43.3. The third-order valence-corrected chi connectivity index (χ3v) is 13.8. The number of piperazine rings is 1. The molecule has 23 heteroatoms. The van der Waals surface area contributed by atoms with Gasteiger partial charge < -0.3 is 50.9 Å². The summed E-state index contributed by atoms with van der Waals surface area (Å²) < 4.78 is 85.6. The topological polar surface area (TPSA) is 223 Å². The van der Waals surface area contributed by atoms with Gasteiger partial charge in [0.15, 0.2) is 0 Å². The lowest BCUT2D eigenvalue weighted by molar-refractivity contribution is -0.133. The number of hydrogen-bond donors (Lipinski definition) is 7. The van der Waals surface area contributed by atoms with Gasteiger partial charge in [-0.25, -0.2) is 24.0 Å². The van der Waals surface area contributed by atoms with Crippen LogP contribution in [0, 0.1) is 33.9 Å². The Labute approximate surface area is 438 Å². The molecule has 76 heavy (non-hydrogen) atoms. The predicted octanol–water partition coefficient (Wildman–Crippen LogP) is 4.84. The third-order valence-electron chi connectivity index (χ3n) is 13.8. The number of carbonyl (C=O) groups is 4. The Morgan fingerprint density at radius 3 is 1.97 bits per heavy atom. The largest absolute Gasteiger partial charge is 0.453 e. The Hall–Kier alpha value is -6.87. The average Bonchev–Trinajstić information content (AvgIpc) is 3.62. The van der Waals surface area contributed by atoms with Crippen LogP contribution in [0.5, 0.6) is 0 Å². The lowest BCUT2D eigenvalue weighted by Crippen LogP contribution is -2.62. The number of hydrazine groups is 1. The van der Waals surface area contributed by atoms with E-state index in [1.54, 1.807) is 35.8 Å². The Bertz CT molecular complexity index is 2580. The molecule has 3 fully saturated rings. The molecule has 0 aliphatic carbocycles. The average molecular weight is 1070 g/mol. The van der Waals surface area contributed by atoms with Crippen molar-refractivity contribution in [3.05, 3.63) is 101 Å². The van der Waals surface area contributed by atoms with Crippen LogP contribution in [0.4, 0.5) is 37.4 Å². The van der Waals surface area contributed by atoms with Crippen molar-refractivity contribution in [1.82, 2.24) is 41.6 Å². The number of alkyl carbamates (subject to hydrolysis) is 2. The Balaban J connectivity index is 1.26. The molecule has 2 aromatic carbocycles. The maximum absolute atomic E-state index is 16.0. The van der Waals surface area contributed by atoms with Crippen molar-refractivity contribution in [2.24, 2.45) is 10.8 Å². The summed E-state index contributed by atoms with van der Waals surface area (Å²) >= 11 is 0. The highest BCUT2D eigenvalue weighted by molar-refractivity contribution is 6.08. The normalized spacial score (nSPS) is 18.6. The lowest BCUT2D eigenvalue weighted by Gasteiger charge is -2.47. The predicted molar refractivity (Wildman–Crippen MR) is 273 cm³/mol. The minimum atomic E-state index is -2.97. The fraction of sp³-hybridized carbons (Fsp3) is 0.509. The van der Waals surface area contributed by atoms with Gasteiger partial charge in [0.1, 0.15) is 23.7 Å². The van der Waals surface area contributed by atoms with E-state index in [-0.39, 0.29) is 23.1 Å². The first-order valence-electron chi connectivity index (χ1n) is 24.7. The summed E-state index contributed by atoms with van der Waals surface area (Å²) in [5.41, 5.74) is 1.18. The van der Waals surface area contributed by atoms with Crippen molar-refractivity contribution in [3.8, 4) is 11.8 Å². The standard InChI is InChI=1S/C53H67F5N10O8/c1-52(2,30-54)45(63-50(72)74-5)47(70)62-42(19-33-10-7-32(8-11-33)9-12-34-13-18-44(60-22-34)66-25-38-16-17-39(26-66)68(38)40-28-76-29-40)43(69)27-67(65-48(71)46(53(3,4)31-55)64-51(73)75-6)24-36-15-14-35(20-41(36)56)37(21-59)23-61-49(57)58/h7-8,10-11,13-15,18,20-23,38-40,42-43,45-46,49,59,61,69H,16-17,19,24-31H2,1-6H3,(H,62,70)(H,63,72)(H,64,73)(H,65,71)/b37-23+,59-21?/t38?,39?,42-,43-,45+,46+/m0/s1. The fourth-order valence-electron chi connectivity index (χ4n) is 9.32. The van der Waals surface area contributed by atoms with Crippen LogP contribution in [-0.4, -0.2) is 160 Å². The van der Waals surface area contributed by atoms with E-state index in [0.717, 1.165) is 82.7 Å². The van der Waals surface area contributed by atoms with Crippen LogP contribution in [0.3, 0.4) is 0 Å². The van der Waals surface area contributed by atoms with E-state index >= 15 is 4.39 Å². The van der Waals surface area contributed by atoms with Crippen LogP contribution in [0.25, 0.3) is 5.57 Å². The number of methoxy groups -OCH3 is 2. The highest BCUT2D eigenvalue weighted by Crippen LogP contribution is 2.35.